The molecule has 0 aromatic heterocycles. The molecule has 0 aliphatic carbocycles. The van der Waals surface area contributed by atoms with Gasteiger partial charge in [0.25, 0.3) is 0 Å². The van der Waals surface area contributed by atoms with Crippen molar-refractivity contribution in [2.75, 3.05) is 12.8 Å². The lowest BCUT2D eigenvalue weighted by Crippen LogP contribution is -2.54. The Morgan fingerprint density at radius 3 is 2.30 bits per heavy atom. The van der Waals surface area contributed by atoms with E-state index in [1.54, 1.807) is 0 Å². The van der Waals surface area contributed by atoms with E-state index in [1.807, 2.05) is 4.90 Å². The van der Waals surface area contributed by atoms with Gasteiger partial charge in [0.15, 0.2) is 0 Å². The number of aliphatic hydroxyl groups is 1. The lowest BCUT2D eigenvalue weighted by Gasteiger charge is -2.39. The Labute approximate surface area is 119 Å². The quantitative estimate of drug-likeness (QED) is 0.774. The molecule has 2 bridgehead atoms. The zero-order chi connectivity index (χ0) is 14.5. The molecule has 1 amide bonds. The van der Waals surface area contributed by atoms with Crippen molar-refractivity contribution >= 4 is 15.9 Å². The molecule has 3 fully saturated rings. The first-order chi connectivity index (χ1) is 9.38. The molecule has 3 heterocycles. The van der Waals surface area contributed by atoms with Crippen LogP contribution in [0.15, 0.2) is 0 Å². The van der Waals surface area contributed by atoms with E-state index >= 15 is 0 Å². The third-order valence-electron chi connectivity index (χ3n) is 4.88. The number of rotatable bonds is 2. The molecule has 0 radical (unpaired) electrons. The Morgan fingerprint density at radius 2 is 1.75 bits per heavy atom. The molecule has 3 unspecified atom stereocenters. The van der Waals surface area contributed by atoms with Gasteiger partial charge in [-0.2, -0.15) is 4.31 Å². The minimum Gasteiger partial charge on any atom is -0.393 e. The fourth-order valence-corrected chi connectivity index (χ4v) is 5.18. The fourth-order valence-electron chi connectivity index (χ4n) is 4.06. The Kier molecular flexibility index (Phi) is 3.54. The van der Waals surface area contributed by atoms with Crippen LogP contribution in [0.2, 0.25) is 0 Å². The average molecular weight is 302 g/mol. The van der Waals surface area contributed by atoms with E-state index in [0.29, 0.717) is 25.8 Å². The van der Waals surface area contributed by atoms with Gasteiger partial charge in [0.05, 0.1) is 12.4 Å². The van der Waals surface area contributed by atoms with Gasteiger partial charge in [-0.05, 0) is 38.5 Å². The van der Waals surface area contributed by atoms with Crippen LogP contribution in [0.5, 0.6) is 0 Å². The molecule has 3 saturated heterocycles. The normalized spacial score (nSPS) is 38.4. The number of amides is 1. The van der Waals surface area contributed by atoms with E-state index in [4.69, 9.17) is 0 Å². The van der Waals surface area contributed by atoms with E-state index in [9.17, 15) is 18.3 Å². The molecular formula is C13H22N2O4S. The zero-order valence-electron chi connectivity index (χ0n) is 11.7. The van der Waals surface area contributed by atoms with Gasteiger partial charge in [-0.3, -0.25) is 4.79 Å². The minimum absolute atomic E-state index is 0.0488. The Bertz CT molecular complexity index is 493. The highest BCUT2D eigenvalue weighted by Gasteiger charge is 2.47. The first kappa shape index (κ1) is 14.3. The number of hydrogen-bond acceptors (Lipinski definition) is 4. The third-order valence-corrected chi connectivity index (χ3v) is 6.17. The molecule has 0 spiro atoms. The van der Waals surface area contributed by atoms with Gasteiger partial charge >= 0.3 is 0 Å². The predicted molar refractivity (Wildman–Crippen MR) is 73.5 cm³/mol. The molecule has 20 heavy (non-hydrogen) atoms. The number of hydrogen-bond donors (Lipinski definition) is 1. The van der Waals surface area contributed by atoms with Crippen molar-refractivity contribution in [3.63, 3.8) is 0 Å². The maximum Gasteiger partial charge on any atom is 0.241 e. The summed E-state index contributed by atoms with van der Waals surface area (Å²) in [5.74, 6) is -0.0488. The van der Waals surface area contributed by atoms with Crippen LogP contribution < -0.4 is 0 Å². The molecule has 7 heteroatoms. The number of carbonyl (C=O) groups excluding carboxylic acids is 1. The van der Waals surface area contributed by atoms with E-state index < -0.39 is 16.1 Å². The van der Waals surface area contributed by atoms with Crippen molar-refractivity contribution in [1.82, 2.24) is 9.21 Å². The van der Waals surface area contributed by atoms with Crippen molar-refractivity contribution < 1.29 is 18.3 Å². The average Bonchev–Trinajstić information content (AvgIpc) is 2.92. The first-order valence-electron chi connectivity index (χ1n) is 7.35. The van der Waals surface area contributed by atoms with Crippen molar-refractivity contribution in [3.8, 4) is 0 Å². The van der Waals surface area contributed by atoms with Crippen LogP contribution in [0.4, 0.5) is 0 Å². The molecule has 0 aromatic carbocycles. The van der Waals surface area contributed by atoms with Gasteiger partial charge in [-0.25, -0.2) is 8.42 Å². The highest BCUT2D eigenvalue weighted by molar-refractivity contribution is 7.88. The van der Waals surface area contributed by atoms with E-state index in [0.717, 1.165) is 19.3 Å². The number of piperidine rings is 1. The Balaban J connectivity index is 1.80. The van der Waals surface area contributed by atoms with Gasteiger partial charge in [-0.15, -0.1) is 0 Å². The van der Waals surface area contributed by atoms with Crippen LogP contribution in [0, 0.1) is 0 Å². The second-order valence-electron chi connectivity index (χ2n) is 6.29. The van der Waals surface area contributed by atoms with Crippen LogP contribution in [0.25, 0.3) is 0 Å². The van der Waals surface area contributed by atoms with E-state index in [1.165, 1.54) is 10.6 Å². The summed E-state index contributed by atoms with van der Waals surface area (Å²) >= 11 is 0. The van der Waals surface area contributed by atoms with E-state index in [-0.39, 0.29) is 24.1 Å². The number of nitrogens with zero attached hydrogens (tertiary/aromatic N) is 2. The monoisotopic (exact) mass is 302 g/mol. The lowest BCUT2D eigenvalue weighted by molar-refractivity contribution is -0.140. The molecule has 3 aliphatic rings. The second-order valence-corrected chi connectivity index (χ2v) is 8.22. The summed E-state index contributed by atoms with van der Waals surface area (Å²) in [5, 5.41) is 9.79. The highest BCUT2D eigenvalue weighted by Crippen LogP contribution is 2.37. The van der Waals surface area contributed by atoms with E-state index in [2.05, 4.69) is 0 Å². The van der Waals surface area contributed by atoms with Crippen molar-refractivity contribution in [1.29, 1.82) is 0 Å². The molecule has 0 saturated carbocycles. The van der Waals surface area contributed by atoms with Crippen LogP contribution in [0.1, 0.15) is 38.5 Å². The molecule has 1 N–H and O–H groups in total. The molecule has 3 aliphatic heterocycles. The number of aliphatic hydroxyl groups excluding tert-OH is 1. The smallest absolute Gasteiger partial charge is 0.241 e. The standard InChI is InChI=1S/C13H22N2O4S/c1-20(18,19)14-6-2-3-12(14)13(17)15-9-4-5-10(15)8-11(16)7-9/h9-12,16H,2-8H2,1H3. The van der Waals surface area contributed by atoms with Gasteiger partial charge in [-0.1, -0.05) is 0 Å². The van der Waals surface area contributed by atoms with Crippen molar-refractivity contribution in [2.24, 2.45) is 0 Å². The number of sulfonamides is 1. The Hall–Kier alpha value is -0.660. The largest absolute Gasteiger partial charge is 0.393 e. The lowest BCUT2D eigenvalue weighted by atomic mass is 9.98. The first-order valence-corrected chi connectivity index (χ1v) is 9.20. The molecule has 3 rings (SSSR count). The highest BCUT2D eigenvalue weighted by atomic mass is 32.2. The number of carbonyl (C=O) groups is 1. The van der Waals surface area contributed by atoms with Crippen LogP contribution in [0.3, 0.4) is 0 Å². The SMILES string of the molecule is CS(=O)(=O)N1CCCC1C(=O)N1C2CCC1CC(O)C2. The number of fused-ring (bicyclic) bond motifs is 2. The maximum atomic E-state index is 12.8. The molecule has 3 atom stereocenters. The summed E-state index contributed by atoms with van der Waals surface area (Å²) in [4.78, 5) is 14.6. The topological polar surface area (TPSA) is 77.9 Å². The summed E-state index contributed by atoms with van der Waals surface area (Å²) in [6.07, 6.45) is 5.35. The molecule has 0 aromatic rings. The predicted octanol–water partition coefficient (Wildman–Crippen LogP) is -0.0753. The summed E-state index contributed by atoms with van der Waals surface area (Å²) in [5.41, 5.74) is 0. The Morgan fingerprint density at radius 1 is 1.15 bits per heavy atom. The molecular weight excluding hydrogens is 280 g/mol. The summed E-state index contributed by atoms with van der Waals surface area (Å²) in [6, 6.07) is -0.333. The van der Waals surface area contributed by atoms with Gasteiger partial charge in [0.2, 0.25) is 15.9 Å². The molecule has 6 nitrogen and oxygen atoms in total. The minimum atomic E-state index is -3.32. The summed E-state index contributed by atoms with van der Waals surface area (Å²) < 4.78 is 24.9. The van der Waals surface area contributed by atoms with Crippen molar-refractivity contribution in [3.05, 3.63) is 0 Å². The summed E-state index contributed by atoms with van der Waals surface area (Å²) in [7, 11) is -3.32. The van der Waals surface area contributed by atoms with Crippen LogP contribution in [-0.4, -0.2) is 65.7 Å². The van der Waals surface area contributed by atoms with Gasteiger partial charge in [0.1, 0.15) is 6.04 Å². The van der Waals surface area contributed by atoms with Crippen LogP contribution in [-0.2, 0) is 14.8 Å². The second kappa shape index (κ2) is 4.96. The van der Waals surface area contributed by atoms with Gasteiger partial charge < -0.3 is 10.0 Å². The fraction of sp³-hybridized carbons (Fsp3) is 0.923. The van der Waals surface area contributed by atoms with Crippen LogP contribution >= 0.6 is 0 Å². The van der Waals surface area contributed by atoms with Crippen molar-refractivity contribution in [2.45, 2.75) is 62.8 Å². The third kappa shape index (κ3) is 2.35. The van der Waals surface area contributed by atoms with Gasteiger partial charge in [0, 0.05) is 18.6 Å². The molecule has 114 valence electrons. The summed E-state index contributed by atoms with van der Waals surface area (Å²) in [6.45, 7) is 0.445. The zero-order valence-corrected chi connectivity index (χ0v) is 12.6. The maximum absolute atomic E-state index is 12.8.